The molecule has 0 saturated carbocycles. The van der Waals surface area contributed by atoms with Gasteiger partial charge in [-0.2, -0.15) is 0 Å². The third-order valence-electron chi connectivity index (χ3n) is 1.85. The molecule has 6 heteroatoms. The lowest BCUT2D eigenvalue weighted by atomic mass is 10.5. The van der Waals surface area contributed by atoms with Crippen LogP contribution >= 0.6 is 11.6 Å². The lowest BCUT2D eigenvalue weighted by Crippen LogP contribution is -2.26. The van der Waals surface area contributed by atoms with Crippen molar-refractivity contribution >= 4 is 11.6 Å². The minimum absolute atomic E-state index is 0.366. The van der Waals surface area contributed by atoms with Crippen LogP contribution in [0.4, 0.5) is 0 Å². The van der Waals surface area contributed by atoms with E-state index in [1.54, 1.807) is 14.2 Å². The van der Waals surface area contributed by atoms with Gasteiger partial charge < -0.3 is 18.9 Å². The Morgan fingerprint density at radius 2 is 1.71 bits per heavy atom. The predicted octanol–water partition coefficient (Wildman–Crippen LogP) is 1.28. The molecule has 0 rings (SSSR count). The monoisotopic (exact) mass is 267 g/mol. The smallest absolute Gasteiger partial charge is 0.163 e. The number of hydrogen-bond donors (Lipinski definition) is 0. The van der Waals surface area contributed by atoms with E-state index < -0.39 is 0 Å². The fourth-order valence-electron chi connectivity index (χ4n) is 0.929. The Kier molecular flexibility index (Phi) is 10.3. The molecule has 0 bridgehead atoms. The maximum atomic E-state index is 6.15. The summed E-state index contributed by atoms with van der Waals surface area (Å²) in [4.78, 5) is 1.82. The van der Waals surface area contributed by atoms with Gasteiger partial charge in [0.15, 0.2) is 5.76 Å². The minimum Gasteiger partial charge on any atom is -0.495 e. The van der Waals surface area contributed by atoms with Crippen LogP contribution in [-0.2, 0) is 18.9 Å². The van der Waals surface area contributed by atoms with Gasteiger partial charge in [0.25, 0.3) is 0 Å². The van der Waals surface area contributed by atoms with Gasteiger partial charge in [0.1, 0.15) is 25.0 Å². The van der Waals surface area contributed by atoms with Crippen molar-refractivity contribution in [2.75, 3.05) is 54.7 Å². The van der Waals surface area contributed by atoms with E-state index in [1.807, 2.05) is 19.0 Å². The summed E-state index contributed by atoms with van der Waals surface area (Å²) in [5.41, 5.74) is -0.366. The molecule has 0 aromatic heterocycles. The Balaban J connectivity index is 4.17. The van der Waals surface area contributed by atoms with Crippen LogP contribution in [0, 0.1) is 0 Å². The Labute approximate surface area is 108 Å². The van der Waals surface area contributed by atoms with Crippen molar-refractivity contribution in [2.24, 2.45) is 0 Å². The molecule has 0 aromatic rings. The molecule has 102 valence electrons. The molecule has 1 unspecified atom stereocenters. The fraction of sp³-hybridized carbons (Fsp3) is 0.818. The lowest BCUT2D eigenvalue weighted by Gasteiger charge is -2.21. The highest BCUT2D eigenvalue weighted by Crippen LogP contribution is 2.14. The summed E-state index contributed by atoms with van der Waals surface area (Å²) in [5.74, 6) is 0.560. The first-order chi connectivity index (χ1) is 8.13. The van der Waals surface area contributed by atoms with Crippen LogP contribution in [0.3, 0.4) is 0 Å². The van der Waals surface area contributed by atoms with Gasteiger partial charge in [-0.1, -0.05) is 11.6 Å². The molecule has 0 aromatic carbocycles. The third kappa shape index (κ3) is 8.26. The number of methoxy groups -OCH3 is 2. The van der Waals surface area contributed by atoms with Crippen molar-refractivity contribution in [1.82, 2.24) is 4.90 Å². The van der Waals surface area contributed by atoms with E-state index in [-0.39, 0.29) is 5.50 Å². The standard InChI is InChI=1S/C11H22ClNO4/c1-13(2)11(12)10(17-8-6-15-4)9-16-7-5-14-3/h9,11H,5-8H2,1-4H3. The van der Waals surface area contributed by atoms with E-state index in [1.165, 1.54) is 6.26 Å². The van der Waals surface area contributed by atoms with Crippen molar-refractivity contribution in [3.8, 4) is 0 Å². The third-order valence-corrected chi connectivity index (χ3v) is 2.45. The maximum absolute atomic E-state index is 6.15. The molecule has 5 nitrogen and oxygen atoms in total. The SMILES string of the molecule is COCCOC=C(OCCOC)C(Cl)N(C)C. The van der Waals surface area contributed by atoms with Crippen LogP contribution in [0.15, 0.2) is 12.0 Å². The summed E-state index contributed by atoms with van der Waals surface area (Å²) in [6.07, 6.45) is 1.52. The second-order valence-electron chi connectivity index (χ2n) is 3.52. The number of likely N-dealkylation sites (N-methyl/N-ethyl adjacent to an activating group) is 1. The maximum Gasteiger partial charge on any atom is 0.163 e. The molecular formula is C11H22ClNO4. The van der Waals surface area contributed by atoms with Gasteiger partial charge in [-0.15, -0.1) is 0 Å². The van der Waals surface area contributed by atoms with Crippen LogP contribution in [0.2, 0.25) is 0 Å². The summed E-state index contributed by atoms with van der Waals surface area (Å²) in [6, 6.07) is 0. The summed E-state index contributed by atoms with van der Waals surface area (Å²) in [7, 11) is 6.96. The van der Waals surface area contributed by atoms with Crippen molar-refractivity contribution in [3.63, 3.8) is 0 Å². The van der Waals surface area contributed by atoms with E-state index in [9.17, 15) is 0 Å². The topological polar surface area (TPSA) is 40.2 Å². The van der Waals surface area contributed by atoms with Crippen LogP contribution in [0.25, 0.3) is 0 Å². The second kappa shape index (κ2) is 10.7. The molecule has 0 spiro atoms. The highest BCUT2D eigenvalue weighted by molar-refractivity contribution is 6.21. The molecule has 0 aliphatic heterocycles. The van der Waals surface area contributed by atoms with Crippen LogP contribution in [0.1, 0.15) is 0 Å². The molecule has 0 N–H and O–H groups in total. The Bertz CT molecular complexity index is 212. The molecule has 0 amide bonds. The largest absolute Gasteiger partial charge is 0.495 e. The van der Waals surface area contributed by atoms with Crippen molar-refractivity contribution in [1.29, 1.82) is 0 Å². The van der Waals surface area contributed by atoms with E-state index >= 15 is 0 Å². The van der Waals surface area contributed by atoms with E-state index in [0.717, 1.165) is 0 Å². The van der Waals surface area contributed by atoms with Crippen LogP contribution in [-0.4, -0.2) is 65.1 Å². The molecule has 0 aliphatic rings. The zero-order valence-corrected chi connectivity index (χ0v) is 11.7. The Morgan fingerprint density at radius 1 is 1.12 bits per heavy atom. The molecule has 17 heavy (non-hydrogen) atoms. The Morgan fingerprint density at radius 3 is 2.24 bits per heavy atom. The van der Waals surface area contributed by atoms with Gasteiger partial charge in [0, 0.05) is 14.2 Å². The van der Waals surface area contributed by atoms with E-state index in [0.29, 0.717) is 32.2 Å². The first kappa shape index (κ1) is 16.5. The normalized spacial score (nSPS) is 13.9. The minimum atomic E-state index is -0.366. The zero-order valence-electron chi connectivity index (χ0n) is 10.9. The first-order valence-electron chi connectivity index (χ1n) is 5.36. The number of ether oxygens (including phenoxy) is 4. The number of hydrogen-bond acceptors (Lipinski definition) is 5. The van der Waals surface area contributed by atoms with E-state index in [2.05, 4.69) is 0 Å². The van der Waals surface area contributed by atoms with Gasteiger partial charge in [-0.05, 0) is 14.1 Å². The number of nitrogens with zero attached hydrogens (tertiary/aromatic N) is 1. The van der Waals surface area contributed by atoms with Crippen molar-refractivity contribution in [2.45, 2.75) is 5.50 Å². The van der Waals surface area contributed by atoms with Gasteiger partial charge in [0.2, 0.25) is 0 Å². The molecule has 0 heterocycles. The quantitative estimate of drug-likeness (QED) is 0.258. The zero-order chi connectivity index (χ0) is 13.1. The van der Waals surface area contributed by atoms with Gasteiger partial charge in [-0.3, -0.25) is 4.90 Å². The molecule has 0 fully saturated rings. The highest BCUT2D eigenvalue weighted by atomic mass is 35.5. The summed E-state index contributed by atoms with van der Waals surface area (Å²) in [6.45, 7) is 1.93. The highest BCUT2D eigenvalue weighted by Gasteiger charge is 2.15. The average Bonchev–Trinajstić information content (AvgIpc) is 2.31. The number of alkyl halides is 1. The van der Waals surface area contributed by atoms with Crippen molar-refractivity contribution < 1.29 is 18.9 Å². The molecule has 0 radical (unpaired) electrons. The summed E-state index contributed by atoms with van der Waals surface area (Å²) < 4.78 is 20.5. The molecule has 0 aliphatic carbocycles. The second-order valence-corrected chi connectivity index (χ2v) is 3.94. The van der Waals surface area contributed by atoms with Crippen LogP contribution < -0.4 is 0 Å². The van der Waals surface area contributed by atoms with Gasteiger partial charge in [0.05, 0.1) is 13.2 Å². The Hall–Kier alpha value is -0.490. The average molecular weight is 268 g/mol. The molecule has 1 atom stereocenters. The first-order valence-corrected chi connectivity index (χ1v) is 5.80. The predicted molar refractivity (Wildman–Crippen MR) is 67.1 cm³/mol. The van der Waals surface area contributed by atoms with E-state index in [4.69, 9.17) is 30.5 Å². The van der Waals surface area contributed by atoms with Gasteiger partial charge in [-0.25, -0.2) is 0 Å². The number of rotatable bonds is 10. The summed E-state index contributed by atoms with van der Waals surface area (Å²) >= 11 is 6.15. The number of halogens is 1. The molecular weight excluding hydrogens is 246 g/mol. The van der Waals surface area contributed by atoms with Gasteiger partial charge >= 0.3 is 0 Å². The van der Waals surface area contributed by atoms with Crippen molar-refractivity contribution in [3.05, 3.63) is 12.0 Å². The van der Waals surface area contributed by atoms with Crippen LogP contribution in [0.5, 0.6) is 0 Å². The summed E-state index contributed by atoms with van der Waals surface area (Å²) in [5, 5.41) is 0. The fourth-order valence-corrected chi connectivity index (χ4v) is 1.04. The lowest BCUT2D eigenvalue weighted by molar-refractivity contribution is 0.0817. The molecule has 0 saturated heterocycles.